The second-order valence-corrected chi connectivity index (χ2v) is 5.46. The Balaban J connectivity index is 2.63. The number of carbonyl (C=O) groups is 3. The van der Waals surface area contributed by atoms with Gasteiger partial charge < -0.3 is 29.2 Å². The second-order valence-electron chi connectivity index (χ2n) is 5.46. The summed E-state index contributed by atoms with van der Waals surface area (Å²) in [6.45, 7) is -0.649. The summed E-state index contributed by atoms with van der Waals surface area (Å²) in [5.41, 5.74) is 0.613. The summed E-state index contributed by atoms with van der Waals surface area (Å²) in [6.07, 6.45) is 2.65. The van der Waals surface area contributed by atoms with Crippen LogP contribution in [0.1, 0.15) is 5.56 Å². The number of ether oxygens (including phenoxy) is 4. The molecular formula is C18H24N2O7. The number of esters is 1. The minimum atomic E-state index is -0.710. The first kappa shape index (κ1) is 21.8. The summed E-state index contributed by atoms with van der Waals surface area (Å²) in [5.74, 6) is -0.233. The highest BCUT2D eigenvalue weighted by Crippen LogP contribution is 2.38. The monoisotopic (exact) mass is 380 g/mol. The predicted molar refractivity (Wildman–Crippen MR) is 97.8 cm³/mol. The molecule has 1 rings (SSSR count). The van der Waals surface area contributed by atoms with Crippen molar-refractivity contribution >= 4 is 23.9 Å². The van der Waals surface area contributed by atoms with Gasteiger partial charge in [0.1, 0.15) is 0 Å². The first-order valence-corrected chi connectivity index (χ1v) is 7.94. The summed E-state index contributed by atoms with van der Waals surface area (Å²) in [7, 11) is 7.60. The van der Waals surface area contributed by atoms with E-state index in [2.05, 4.69) is 5.32 Å². The molecule has 27 heavy (non-hydrogen) atoms. The van der Waals surface area contributed by atoms with Gasteiger partial charge in [0.15, 0.2) is 18.1 Å². The molecule has 0 fully saturated rings. The van der Waals surface area contributed by atoms with Gasteiger partial charge in [-0.2, -0.15) is 0 Å². The van der Waals surface area contributed by atoms with E-state index < -0.39 is 18.5 Å². The van der Waals surface area contributed by atoms with Gasteiger partial charge in [-0.15, -0.1) is 0 Å². The Bertz CT molecular complexity index is 689. The molecule has 0 aliphatic heterocycles. The molecule has 0 bridgehead atoms. The molecule has 0 aliphatic rings. The van der Waals surface area contributed by atoms with Crippen LogP contribution in [-0.4, -0.2) is 71.3 Å². The zero-order valence-corrected chi connectivity index (χ0v) is 16.0. The summed E-state index contributed by atoms with van der Waals surface area (Å²) >= 11 is 0. The van der Waals surface area contributed by atoms with Gasteiger partial charge in [-0.05, 0) is 23.8 Å². The van der Waals surface area contributed by atoms with Gasteiger partial charge in [-0.25, -0.2) is 4.79 Å². The summed E-state index contributed by atoms with van der Waals surface area (Å²) in [4.78, 5) is 36.0. The molecule has 0 aliphatic carbocycles. The number of rotatable bonds is 9. The minimum Gasteiger partial charge on any atom is -0.493 e. The highest BCUT2D eigenvalue weighted by atomic mass is 16.5. The molecule has 0 saturated carbocycles. The third-order valence-corrected chi connectivity index (χ3v) is 3.38. The van der Waals surface area contributed by atoms with Crippen LogP contribution < -0.4 is 19.5 Å². The van der Waals surface area contributed by atoms with Crippen LogP contribution in [0.4, 0.5) is 0 Å². The highest BCUT2D eigenvalue weighted by Gasteiger charge is 2.12. The molecule has 0 atom stereocenters. The Labute approximate surface area is 157 Å². The van der Waals surface area contributed by atoms with Crippen LogP contribution in [0.5, 0.6) is 17.2 Å². The largest absolute Gasteiger partial charge is 0.493 e. The van der Waals surface area contributed by atoms with Crippen molar-refractivity contribution in [3.63, 3.8) is 0 Å². The van der Waals surface area contributed by atoms with Gasteiger partial charge >= 0.3 is 5.97 Å². The number of hydrogen-bond donors (Lipinski definition) is 1. The van der Waals surface area contributed by atoms with Crippen LogP contribution in [0.2, 0.25) is 0 Å². The van der Waals surface area contributed by atoms with Crippen LogP contribution >= 0.6 is 0 Å². The lowest BCUT2D eigenvalue weighted by Gasteiger charge is -2.12. The van der Waals surface area contributed by atoms with E-state index in [1.807, 2.05) is 0 Å². The van der Waals surface area contributed by atoms with Crippen molar-refractivity contribution in [1.29, 1.82) is 0 Å². The molecule has 0 spiro atoms. The van der Waals surface area contributed by atoms with Crippen molar-refractivity contribution in [1.82, 2.24) is 10.2 Å². The lowest BCUT2D eigenvalue weighted by atomic mass is 10.1. The Hall–Kier alpha value is -3.23. The molecule has 1 N–H and O–H groups in total. The summed E-state index contributed by atoms with van der Waals surface area (Å²) < 4.78 is 20.5. The molecule has 0 unspecified atom stereocenters. The number of benzene rings is 1. The van der Waals surface area contributed by atoms with Gasteiger partial charge in [-0.1, -0.05) is 0 Å². The van der Waals surface area contributed by atoms with Gasteiger partial charge in [0, 0.05) is 20.2 Å². The number of hydrogen-bond acceptors (Lipinski definition) is 7. The molecular weight excluding hydrogens is 356 g/mol. The Morgan fingerprint density at radius 1 is 1.04 bits per heavy atom. The summed E-state index contributed by atoms with van der Waals surface area (Å²) in [6, 6.07) is 3.31. The van der Waals surface area contributed by atoms with Crippen LogP contribution in [-0.2, 0) is 19.1 Å². The number of likely N-dealkylation sites (N-methyl/N-ethyl adjacent to an activating group) is 1. The Morgan fingerprint density at radius 2 is 1.63 bits per heavy atom. The van der Waals surface area contributed by atoms with Crippen LogP contribution in [0, 0.1) is 0 Å². The number of methoxy groups -OCH3 is 3. The van der Waals surface area contributed by atoms with Crippen molar-refractivity contribution in [2.24, 2.45) is 0 Å². The van der Waals surface area contributed by atoms with E-state index in [9.17, 15) is 14.4 Å². The molecule has 1 aromatic carbocycles. The summed E-state index contributed by atoms with van der Waals surface area (Å²) in [5, 5.41) is 2.36. The molecule has 9 heteroatoms. The van der Waals surface area contributed by atoms with E-state index in [-0.39, 0.29) is 12.5 Å². The zero-order valence-electron chi connectivity index (χ0n) is 16.0. The van der Waals surface area contributed by atoms with Crippen molar-refractivity contribution < 1.29 is 33.3 Å². The molecule has 0 heterocycles. The molecule has 1 aromatic rings. The molecule has 9 nitrogen and oxygen atoms in total. The van der Waals surface area contributed by atoms with E-state index in [0.29, 0.717) is 22.8 Å². The number of amides is 2. The average molecular weight is 380 g/mol. The molecule has 0 aromatic heterocycles. The van der Waals surface area contributed by atoms with Crippen LogP contribution in [0.15, 0.2) is 18.2 Å². The molecule has 0 saturated heterocycles. The molecule has 2 amide bonds. The van der Waals surface area contributed by atoms with E-state index >= 15 is 0 Å². The number of carbonyl (C=O) groups excluding carboxylic acids is 3. The van der Waals surface area contributed by atoms with Crippen LogP contribution in [0.25, 0.3) is 6.08 Å². The predicted octanol–water partition coefficient (Wildman–Crippen LogP) is 0.473. The standard InChI is InChI=1S/C18H24N2O7/c1-20(2)16(22)10-19-15(21)11-27-17(23)7-6-12-8-13(24-3)18(26-5)14(9-12)25-4/h6-9H,10-11H2,1-5H3,(H,19,21)/b7-6+. The van der Waals surface area contributed by atoms with Crippen molar-refractivity contribution in [2.45, 2.75) is 0 Å². The first-order valence-electron chi connectivity index (χ1n) is 7.94. The lowest BCUT2D eigenvalue weighted by molar-refractivity contribution is -0.144. The quantitative estimate of drug-likeness (QED) is 0.491. The van der Waals surface area contributed by atoms with Crippen molar-refractivity contribution in [3.8, 4) is 17.2 Å². The van der Waals surface area contributed by atoms with E-state index in [1.54, 1.807) is 26.2 Å². The topological polar surface area (TPSA) is 103 Å². The number of nitrogens with one attached hydrogen (secondary N) is 1. The second kappa shape index (κ2) is 10.7. The maximum absolute atomic E-state index is 11.7. The van der Waals surface area contributed by atoms with Gasteiger partial charge in [0.05, 0.1) is 27.9 Å². The third-order valence-electron chi connectivity index (χ3n) is 3.38. The molecule has 0 radical (unpaired) electrons. The molecule has 148 valence electrons. The normalized spacial score (nSPS) is 10.3. The Morgan fingerprint density at radius 3 is 2.11 bits per heavy atom. The van der Waals surface area contributed by atoms with E-state index in [4.69, 9.17) is 18.9 Å². The van der Waals surface area contributed by atoms with Gasteiger partial charge in [0.25, 0.3) is 5.91 Å². The third kappa shape index (κ3) is 6.89. The lowest BCUT2D eigenvalue weighted by Crippen LogP contribution is -2.38. The SMILES string of the molecule is COc1cc(/C=C/C(=O)OCC(=O)NCC(=O)N(C)C)cc(OC)c1OC. The zero-order chi connectivity index (χ0) is 20.4. The maximum Gasteiger partial charge on any atom is 0.331 e. The van der Waals surface area contributed by atoms with E-state index in [0.717, 1.165) is 0 Å². The maximum atomic E-state index is 11.7. The average Bonchev–Trinajstić information content (AvgIpc) is 2.67. The fraction of sp³-hybridized carbons (Fsp3) is 0.389. The van der Waals surface area contributed by atoms with Crippen molar-refractivity contribution in [3.05, 3.63) is 23.8 Å². The smallest absolute Gasteiger partial charge is 0.331 e. The fourth-order valence-electron chi connectivity index (χ4n) is 1.93. The van der Waals surface area contributed by atoms with E-state index in [1.165, 1.54) is 38.4 Å². The first-order chi connectivity index (χ1) is 12.8. The number of nitrogens with zero attached hydrogens (tertiary/aromatic N) is 1. The highest BCUT2D eigenvalue weighted by molar-refractivity contribution is 5.90. The van der Waals surface area contributed by atoms with Gasteiger partial charge in [-0.3, -0.25) is 9.59 Å². The minimum absolute atomic E-state index is 0.162. The fourth-order valence-corrected chi connectivity index (χ4v) is 1.93. The van der Waals surface area contributed by atoms with Crippen LogP contribution in [0.3, 0.4) is 0 Å². The van der Waals surface area contributed by atoms with Crippen molar-refractivity contribution in [2.75, 3.05) is 48.6 Å². The van der Waals surface area contributed by atoms with Gasteiger partial charge in [0.2, 0.25) is 11.7 Å². The Kier molecular flexibility index (Phi) is 8.64.